The van der Waals surface area contributed by atoms with E-state index in [0.717, 1.165) is 30.8 Å². The van der Waals surface area contributed by atoms with Gasteiger partial charge in [0.2, 0.25) is 0 Å². The Kier molecular flexibility index (Phi) is 5.59. The van der Waals surface area contributed by atoms with Crippen LogP contribution in [0.3, 0.4) is 0 Å². The van der Waals surface area contributed by atoms with E-state index in [-0.39, 0.29) is 5.78 Å². The molecule has 0 fully saturated rings. The number of nitrogens with zero attached hydrogens (tertiary/aromatic N) is 1. The van der Waals surface area contributed by atoms with Crippen molar-refractivity contribution in [3.8, 4) is 5.75 Å². The third kappa shape index (κ3) is 3.67. The number of hydrogen-bond acceptors (Lipinski definition) is 3. The summed E-state index contributed by atoms with van der Waals surface area (Å²) in [7, 11) is 1.60. The van der Waals surface area contributed by atoms with E-state index >= 15 is 0 Å². The number of carbonyl (C=O) groups is 1. The summed E-state index contributed by atoms with van der Waals surface area (Å²) in [6, 6.07) is 16.1. The summed E-state index contributed by atoms with van der Waals surface area (Å²) >= 11 is 0. The van der Waals surface area contributed by atoms with Gasteiger partial charge in [-0.15, -0.1) is 0 Å². The van der Waals surface area contributed by atoms with E-state index in [1.54, 1.807) is 14.0 Å². The number of ketones is 1. The van der Waals surface area contributed by atoms with Gasteiger partial charge in [-0.05, 0) is 37.6 Å². The second kappa shape index (κ2) is 7.64. The molecule has 3 nitrogen and oxygen atoms in total. The Hall–Kier alpha value is -2.29. The Labute approximate surface area is 132 Å². The van der Waals surface area contributed by atoms with Crippen molar-refractivity contribution in [3.05, 3.63) is 54.1 Å². The molecule has 0 saturated carbocycles. The fourth-order valence-electron chi connectivity index (χ4n) is 2.47. The molecule has 0 heterocycles. The summed E-state index contributed by atoms with van der Waals surface area (Å²) in [5.74, 6) is 0.644. The zero-order chi connectivity index (χ0) is 15.9. The monoisotopic (exact) mass is 297 g/mol. The van der Waals surface area contributed by atoms with Crippen LogP contribution in [0.25, 0.3) is 0 Å². The van der Waals surface area contributed by atoms with E-state index in [1.165, 1.54) is 0 Å². The average Bonchev–Trinajstić information content (AvgIpc) is 2.55. The van der Waals surface area contributed by atoms with E-state index < -0.39 is 0 Å². The van der Waals surface area contributed by atoms with E-state index in [4.69, 9.17) is 4.74 Å². The standard InChI is InChI=1S/C19H23NO2/c1-4-5-13-20(16-9-7-6-8-10-16)17-11-12-18(15(2)21)19(14-17)22-3/h6-12,14H,4-5,13H2,1-3H3. The Morgan fingerprint density at radius 3 is 2.41 bits per heavy atom. The first-order valence-electron chi connectivity index (χ1n) is 7.69. The van der Waals surface area contributed by atoms with Crippen LogP contribution < -0.4 is 9.64 Å². The summed E-state index contributed by atoms with van der Waals surface area (Å²) in [6.45, 7) is 4.68. The van der Waals surface area contributed by atoms with Crippen LogP contribution >= 0.6 is 0 Å². The highest BCUT2D eigenvalue weighted by Gasteiger charge is 2.13. The lowest BCUT2D eigenvalue weighted by molar-refractivity contribution is 0.101. The van der Waals surface area contributed by atoms with Gasteiger partial charge in [0.15, 0.2) is 5.78 Å². The van der Waals surface area contributed by atoms with Gasteiger partial charge in [-0.25, -0.2) is 0 Å². The molecule has 0 saturated heterocycles. The molecule has 0 radical (unpaired) electrons. The molecule has 0 unspecified atom stereocenters. The van der Waals surface area contributed by atoms with Gasteiger partial charge in [-0.2, -0.15) is 0 Å². The van der Waals surface area contributed by atoms with Crippen LogP contribution in [0.15, 0.2) is 48.5 Å². The number of para-hydroxylation sites is 1. The largest absolute Gasteiger partial charge is 0.496 e. The van der Waals surface area contributed by atoms with Crippen molar-refractivity contribution in [3.63, 3.8) is 0 Å². The summed E-state index contributed by atoms with van der Waals surface area (Å²) < 4.78 is 5.39. The quantitative estimate of drug-likeness (QED) is 0.685. The first-order chi connectivity index (χ1) is 10.7. The number of ether oxygens (including phenoxy) is 1. The summed E-state index contributed by atoms with van der Waals surface area (Å²) in [5.41, 5.74) is 2.81. The Morgan fingerprint density at radius 2 is 1.82 bits per heavy atom. The molecule has 0 amide bonds. The number of benzene rings is 2. The number of Topliss-reactive ketones (excluding diaryl/α,β-unsaturated/α-hetero) is 1. The van der Waals surface area contributed by atoms with Crippen LogP contribution in [0, 0.1) is 0 Å². The van der Waals surface area contributed by atoms with Gasteiger partial charge in [-0.3, -0.25) is 4.79 Å². The maximum absolute atomic E-state index is 11.7. The molecule has 22 heavy (non-hydrogen) atoms. The molecular weight excluding hydrogens is 274 g/mol. The van der Waals surface area contributed by atoms with E-state index in [9.17, 15) is 4.79 Å². The SMILES string of the molecule is CCCCN(c1ccccc1)c1ccc(C(C)=O)c(OC)c1. The van der Waals surface area contributed by atoms with Crippen molar-refractivity contribution < 1.29 is 9.53 Å². The molecule has 0 aromatic heterocycles. The predicted octanol–water partition coefficient (Wildman–Crippen LogP) is 4.84. The Morgan fingerprint density at radius 1 is 1.09 bits per heavy atom. The molecule has 3 heteroatoms. The van der Waals surface area contributed by atoms with E-state index in [2.05, 4.69) is 24.0 Å². The molecule has 0 aliphatic carbocycles. The van der Waals surface area contributed by atoms with Gasteiger partial charge >= 0.3 is 0 Å². The highest BCUT2D eigenvalue weighted by molar-refractivity contribution is 5.97. The highest BCUT2D eigenvalue weighted by atomic mass is 16.5. The first kappa shape index (κ1) is 16.1. The molecule has 0 spiro atoms. The van der Waals surface area contributed by atoms with Crippen LogP contribution in [-0.4, -0.2) is 19.4 Å². The second-order valence-corrected chi connectivity index (χ2v) is 5.28. The Balaban J connectivity index is 2.41. The van der Waals surface area contributed by atoms with Gasteiger partial charge in [0.1, 0.15) is 5.75 Å². The van der Waals surface area contributed by atoms with Gasteiger partial charge in [-0.1, -0.05) is 31.5 Å². The number of carbonyl (C=O) groups excluding carboxylic acids is 1. The molecule has 116 valence electrons. The maximum atomic E-state index is 11.7. The predicted molar refractivity (Wildman–Crippen MR) is 91.4 cm³/mol. The average molecular weight is 297 g/mol. The minimum absolute atomic E-state index is 0.0169. The van der Waals surface area contributed by atoms with Crippen LogP contribution in [0.2, 0.25) is 0 Å². The number of rotatable bonds is 7. The van der Waals surface area contributed by atoms with Crippen LogP contribution in [-0.2, 0) is 0 Å². The summed E-state index contributed by atoms with van der Waals surface area (Å²) in [6.07, 6.45) is 2.23. The third-order valence-electron chi connectivity index (χ3n) is 3.68. The van der Waals surface area contributed by atoms with Crippen molar-refractivity contribution in [1.82, 2.24) is 0 Å². The molecule has 0 aliphatic heterocycles. The van der Waals surface area contributed by atoms with Crippen LogP contribution in [0.1, 0.15) is 37.0 Å². The second-order valence-electron chi connectivity index (χ2n) is 5.28. The van der Waals surface area contributed by atoms with Crippen molar-refractivity contribution in [2.75, 3.05) is 18.6 Å². The van der Waals surface area contributed by atoms with Crippen LogP contribution in [0.5, 0.6) is 5.75 Å². The molecule has 0 aliphatic rings. The zero-order valence-electron chi connectivity index (χ0n) is 13.5. The fourth-order valence-corrected chi connectivity index (χ4v) is 2.47. The van der Waals surface area contributed by atoms with Crippen molar-refractivity contribution >= 4 is 17.2 Å². The number of unbranched alkanes of at least 4 members (excludes halogenated alkanes) is 1. The molecule has 0 atom stereocenters. The zero-order valence-corrected chi connectivity index (χ0v) is 13.5. The number of hydrogen-bond donors (Lipinski definition) is 0. The lowest BCUT2D eigenvalue weighted by atomic mass is 10.1. The van der Waals surface area contributed by atoms with Gasteiger partial charge < -0.3 is 9.64 Å². The normalized spacial score (nSPS) is 10.3. The lowest BCUT2D eigenvalue weighted by Gasteiger charge is -2.25. The smallest absolute Gasteiger partial charge is 0.163 e. The van der Waals surface area contributed by atoms with Crippen molar-refractivity contribution in [2.45, 2.75) is 26.7 Å². The van der Waals surface area contributed by atoms with Crippen molar-refractivity contribution in [1.29, 1.82) is 0 Å². The minimum atomic E-state index is 0.0169. The molecule has 0 N–H and O–H groups in total. The van der Waals surface area contributed by atoms with E-state index in [0.29, 0.717) is 11.3 Å². The molecule has 2 aromatic rings. The molecule has 2 aromatic carbocycles. The first-order valence-corrected chi connectivity index (χ1v) is 7.69. The third-order valence-corrected chi connectivity index (χ3v) is 3.68. The summed E-state index contributed by atoms with van der Waals surface area (Å²) in [5, 5.41) is 0. The summed E-state index contributed by atoms with van der Waals surface area (Å²) in [4.78, 5) is 13.9. The molecule has 2 rings (SSSR count). The van der Waals surface area contributed by atoms with Crippen LogP contribution in [0.4, 0.5) is 11.4 Å². The lowest BCUT2D eigenvalue weighted by Crippen LogP contribution is -2.18. The van der Waals surface area contributed by atoms with Gasteiger partial charge in [0.05, 0.1) is 12.7 Å². The number of anilines is 2. The van der Waals surface area contributed by atoms with Gasteiger partial charge in [0, 0.05) is 24.0 Å². The fraction of sp³-hybridized carbons (Fsp3) is 0.316. The maximum Gasteiger partial charge on any atom is 0.163 e. The van der Waals surface area contributed by atoms with E-state index in [1.807, 2.05) is 36.4 Å². The Bertz CT molecular complexity index is 623. The molecule has 0 bridgehead atoms. The molecular formula is C19H23NO2. The topological polar surface area (TPSA) is 29.5 Å². The highest BCUT2D eigenvalue weighted by Crippen LogP contribution is 2.31. The van der Waals surface area contributed by atoms with Crippen molar-refractivity contribution in [2.24, 2.45) is 0 Å². The number of methoxy groups -OCH3 is 1. The van der Waals surface area contributed by atoms with Gasteiger partial charge in [0.25, 0.3) is 0 Å². The minimum Gasteiger partial charge on any atom is -0.496 e.